The Morgan fingerprint density at radius 1 is 1.46 bits per heavy atom. The Labute approximate surface area is 84.2 Å². The first-order valence-electron chi connectivity index (χ1n) is 4.38. The highest BCUT2D eigenvalue weighted by Crippen LogP contribution is 2.09. The zero-order chi connectivity index (χ0) is 10.3. The van der Waals surface area contributed by atoms with Crippen LogP contribution < -0.4 is 0 Å². The Kier molecular flexibility index (Phi) is 6.24. The molecule has 1 rings (SSSR count). The van der Waals surface area contributed by atoms with E-state index in [0.29, 0.717) is 0 Å². The second kappa shape index (κ2) is 6.66. The third kappa shape index (κ3) is 4.68. The van der Waals surface area contributed by atoms with Crippen LogP contribution in [0.25, 0.3) is 0 Å². The van der Waals surface area contributed by atoms with Gasteiger partial charge < -0.3 is 4.90 Å². The first kappa shape index (κ1) is 12.2. The second-order valence-electron chi connectivity index (χ2n) is 2.88. The Morgan fingerprint density at radius 2 is 2.00 bits per heavy atom. The normalized spacial score (nSPS) is 8.62. The summed E-state index contributed by atoms with van der Waals surface area (Å²) >= 11 is 1.47. The van der Waals surface area contributed by atoms with E-state index in [1.807, 2.05) is 17.5 Å². The van der Waals surface area contributed by atoms with Gasteiger partial charge in [0.25, 0.3) is 5.91 Å². The van der Waals surface area contributed by atoms with Gasteiger partial charge in [-0.15, -0.1) is 11.3 Å². The topological polar surface area (TPSA) is 20.3 Å². The molecule has 3 heteroatoms. The molecular formula is C10H17NOS. The largest absolute Gasteiger partial charge is 0.344 e. The van der Waals surface area contributed by atoms with Crippen LogP contribution in [0.5, 0.6) is 0 Å². The number of amides is 1. The number of hydrogen-bond acceptors (Lipinski definition) is 2. The summed E-state index contributed by atoms with van der Waals surface area (Å²) in [6.07, 6.45) is 1.25. The summed E-state index contributed by atoms with van der Waals surface area (Å²) in [6, 6.07) is 3.70. The van der Waals surface area contributed by atoms with Crippen molar-refractivity contribution in [3.8, 4) is 0 Å². The molecule has 2 nitrogen and oxygen atoms in total. The maximum absolute atomic E-state index is 11.1. The Balaban J connectivity index is 0.000000424. The van der Waals surface area contributed by atoms with Gasteiger partial charge in [0, 0.05) is 14.1 Å². The molecule has 0 N–H and O–H groups in total. The number of carbonyl (C=O) groups is 1. The van der Waals surface area contributed by atoms with E-state index in [9.17, 15) is 4.79 Å². The molecule has 0 spiro atoms. The minimum absolute atomic E-state index is 0.0787. The molecular weight excluding hydrogens is 182 g/mol. The maximum atomic E-state index is 11.1. The van der Waals surface area contributed by atoms with Crippen LogP contribution in [0, 0.1) is 0 Å². The van der Waals surface area contributed by atoms with Crippen LogP contribution in [-0.4, -0.2) is 24.9 Å². The van der Waals surface area contributed by atoms with E-state index < -0.39 is 0 Å². The smallest absolute Gasteiger partial charge is 0.263 e. The predicted octanol–water partition coefficient (Wildman–Crippen LogP) is 2.87. The van der Waals surface area contributed by atoms with Gasteiger partial charge in [-0.3, -0.25) is 4.79 Å². The molecule has 0 bridgehead atoms. The highest BCUT2D eigenvalue weighted by molar-refractivity contribution is 7.12. The molecule has 1 amide bonds. The quantitative estimate of drug-likeness (QED) is 0.681. The first-order valence-corrected chi connectivity index (χ1v) is 5.26. The molecule has 0 saturated carbocycles. The Hall–Kier alpha value is -0.830. The third-order valence-electron chi connectivity index (χ3n) is 1.14. The van der Waals surface area contributed by atoms with Crippen molar-refractivity contribution in [3.05, 3.63) is 22.4 Å². The Bertz CT molecular complexity index is 229. The molecule has 0 unspecified atom stereocenters. The molecule has 0 aliphatic rings. The molecule has 0 aliphatic carbocycles. The van der Waals surface area contributed by atoms with E-state index in [1.165, 1.54) is 17.8 Å². The van der Waals surface area contributed by atoms with Crippen molar-refractivity contribution in [3.63, 3.8) is 0 Å². The van der Waals surface area contributed by atoms with Crippen molar-refractivity contribution in [2.75, 3.05) is 14.1 Å². The average Bonchev–Trinajstić information content (AvgIpc) is 2.56. The van der Waals surface area contributed by atoms with Crippen molar-refractivity contribution in [1.82, 2.24) is 4.90 Å². The summed E-state index contributed by atoms with van der Waals surface area (Å²) < 4.78 is 0. The van der Waals surface area contributed by atoms with Gasteiger partial charge in [-0.2, -0.15) is 0 Å². The fourth-order valence-electron chi connectivity index (χ4n) is 0.621. The van der Waals surface area contributed by atoms with E-state index in [0.717, 1.165) is 4.88 Å². The van der Waals surface area contributed by atoms with Crippen molar-refractivity contribution in [2.45, 2.75) is 20.3 Å². The van der Waals surface area contributed by atoms with E-state index in [-0.39, 0.29) is 5.91 Å². The van der Waals surface area contributed by atoms with Gasteiger partial charge in [-0.1, -0.05) is 26.3 Å². The van der Waals surface area contributed by atoms with Crippen molar-refractivity contribution in [1.29, 1.82) is 0 Å². The van der Waals surface area contributed by atoms with Crippen molar-refractivity contribution >= 4 is 17.2 Å². The van der Waals surface area contributed by atoms with Crippen LogP contribution in [0.3, 0.4) is 0 Å². The van der Waals surface area contributed by atoms with Gasteiger partial charge >= 0.3 is 0 Å². The van der Waals surface area contributed by atoms with E-state index in [1.54, 1.807) is 19.0 Å². The van der Waals surface area contributed by atoms with Crippen molar-refractivity contribution < 1.29 is 4.79 Å². The maximum Gasteiger partial charge on any atom is 0.263 e. The number of hydrogen-bond donors (Lipinski definition) is 0. The van der Waals surface area contributed by atoms with Crippen molar-refractivity contribution in [2.24, 2.45) is 0 Å². The zero-order valence-corrected chi connectivity index (χ0v) is 9.52. The second-order valence-corrected chi connectivity index (χ2v) is 3.83. The van der Waals surface area contributed by atoms with E-state index in [4.69, 9.17) is 0 Å². The minimum atomic E-state index is 0.0787. The summed E-state index contributed by atoms with van der Waals surface area (Å²) in [4.78, 5) is 13.5. The first-order chi connectivity index (χ1) is 6.13. The summed E-state index contributed by atoms with van der Waals surface area (Å²) in [6.45, 7) is 4.25. The monoisotopic (exact) mass is 199 g/mol. The van der Waals surface area contributed by atoms with Crippen LogP contribution in [0.15, 0.2) is 17.5 Å². The lowest BCUT2D eigenvalue weighted by atomic mass is 10.4. The van der Waals surface area contributed by atoms with Gasteiger partial charge in [-0.25, -0.2) is 0 Å². The molecule has 74 valence electrons. The molecule has 1 aromatic heterocycles. The highest BCUT2D eigenvalue weighted by atomic mass is 32.1. The molecule has 0 saturated heterocycles. The number of thiophene rings is 1. The Morgan fingerprint density at radius 3 is 2.31 bits per heavy atom. The van der Waals surface area contributed by atoms with Gasteiger partial charge in [-0.05, 0) is 11.4 Å². The third-order valence-corrected chi connectivity index (χ3v) is 2.00. The highest BCUT2D eigenvalue weighted by Gasteiger charge is 2.06. The summed E-state index contributed by atoms with van der Waals surface area (Å²) in [5.74, 6) is 0.0787. The van der Waals surface area contributed by atoms with Gasteiger partial charge in [0.15, 0.2) is 0 Å². The molecule has 1 aromatic rings. The molecule has 0 aliphatic heterocycles. The molecule has 13 heavy (non-hydrogen) atoms. The fourth-order valence-corrected chi connectivity index (χ4v) is 1.36. The number of rotatable bonds is 1. The van der Waals surface area contributed by atoms with Crippen LogP contribution in [0.4, 0.5) is 0 Å². The van der Waals surface area contributed by atoms with Crippen LogP contribution in [0.2, 0.25) is 0 Å². The summed E-state index contributed by atoms with van der Waals surface area (Å²) in [5, 5.41) is 1.90. The summed E-state index contributed by atoms with van der Waals surface area (Å²) in [5.41, 5.74) is 0. The SMILES string of the molecule is CCC.CN(C)C(=O)c1cccs1. The lowest BCUT2D eigenvalue weighted by molar-refractivity contribution is 0.0832. The lowest BCUT2D eigenvalue weighted by Crippen LogP contribution is -2.20. The van der Waals surface area contributed by atoms with Crippen LogP contribution in [0.1, 0.15) is 29.9 Å². The zero-order valence-electron chi connectivity index (χ0n) is 8.70. The molecule has 0 radical (unpaired) electrons. The van der Waals surface area contributed by atoms with Gasteiger partial charge in [0.1, 0.15) is 0 Å². The lowest BCUT2D eigenvalue weighted by Gasteiger charge is -2.06. The number of nitrogens with zero attached hydrogens (tertiary/aromatic N) is 1. The van der Waals surface area contributed by atoms with Gasteiger partial charge in [0.05, 0.1) is 4.88 Å². The van der Waals surface area contributed by atoms with Gasteiger partial charge in [0.2, 0.25) is 0 Å². The molecule has 0 aromatic carbocycles. The average molecular weight is 199 g/mol. The van der Waals surface area contributed by atoms with E-state index in [2.05, 4.69) is 13.8 Å². The van der Waals surface area contributed by atoms with E-state index >= 15 is 0 Å². The van der Waals surface area contributed by atoms with Crippen LogP contribution in [-0.2, 0) is 0 Å². The molecule has 1 heterocycles. The molecule has 0 fully saturated rings. The minimum Gasteiger partial charge on any atom is -0.344 e. The fraction of sp³-hybridized carbons (Fsp3) is 0.500. The van der Waals surface area contributed by atoms with Crippen LogP contribution >= 0.6 is 11.3 Å². The predicted molar refractivity (Wildman–Crippen MR) is 58.3 cm³/mol. The summed E-state index contributed by atoms with van der Waals surface area (Å²) in [7, 11) is 3.50. The molecule has 0 atom stereocenters. The number of carbonyl (C=O) groups excluding carboxylic acids is 1. The standard InChI is InChI=1S/C7H9NOS.C3H8/c1-8(2)7(9)6-4-3-5-10-6;1-3-2/h3-5H,1-2H3;3H2,1-2H3.